The summed E-state index contributed by atoms with van der Waals surface area (Å²) in [6, 6.07) is 19.5. The first kappa shape index (κ1) is 17.0. The third-order valence-corrected chi connectivity index (χ3v) is 4.68. The van der Waals surface area contributed by atoms with Crippen LogP contribution >= 0.6 is 0 Å². The van der Waals surface area contributed by atoms with Crippen LogP contribution in [-0.2, 0) is 13.0 Å². The summed E-state index contributed by atoms with van der Waals surface area (Å²) in [5.74, 6) is 0.965. The van der Waals surface area contributed by atoms with Gasteiger partial charge in [-0.05, 0) is 62.0 Å². The van der Waals surface area contributed by atoms with E-state index in [0.717, 1.165) is 57.7 Å². The van der Waals surface area contributed by atoms with Gasteiger partial charge in [-0.15, -0.1) is 0 Å². The lowest BCUT2D eigenvalue weighted by atomic mass is 10.1. The minimum atomic E-state index is 0.396. The van der Waals surface area contributed by atoms with E-state index < -0.39 is 0 Å². The Morgan fingerprint density at radius 1 is 0.917 bits per heavy atom. The summed E-state index contributed by atoms with van der Waals surface area (Å²) in [6.45, 7) is 4.00. The first-order valence-electron chi connectivity index (χ1n) is 9.03. The van der Waals surface area contributed by atoms with Crippen LogP contribution in [-0.4, -0.2) is 30.6 Å². The highest BCUT2D eigenvalue weighted by Gasteiger charge is 2.15. The lowest BCUT2D eigenvalue weighted by Gasteiger charge is -2.30. The highest BCUT2D eigenvalue weighted by Crippen LogP contribution is 2.16. The second kappa shape index (κ2) is 8.86. The molecule has 0 amide bonds. The van der Waals surface area contributed by atoms with Crippen molar-refractivity contribution in [3.63, 3.8) is 0 Å². The minimum Gasteiger partial charge on any atom is -0.494 e. The molecule has 1 aliphatic rings. The van der Waals surface area contributed by atoms with Gasteiger partial charge in [0.15, 0.2) is 0 Å². The Morgan fingerprint density at radius 2 is 1.62 bits per heavy atom. The maximum atomic E-state index is 5.96. The van der Waals surface area contributed by atoms with Crippen molar-refractivity contribution >= 4 is 0 Å². The Balaban J connectivity index is 1.38. The van der Waals surface area contributed by atoms with Gasteiger partial charge in [0.2, 0.25) is 0 Å². The summed E-state index contributed by atoms with van der Waals surface area (Å²) in [4.78, 5) is 2.49. The summed E-state index contributed by atoms with van der Waals surface area (Å²) < 4.78 is 5.86. The van der Waals surface area contributed by atoms with Crippen LogP contribution in [0.1, 0.15) is 30.4 Å². The van der Waals surface area contributed by atoms with Crippen molar-refractivity contribution in [1.29, 1.82) is 0 Å². The second-order valence-corrected chi connectivity index (χ2v) is 6.70. The predicted molar refractivity (Wildman–Crippen MR) is 99.2 cm³/mol. The summed E-state index contributed by atoms with van der Waals surface area (Å²) in [5, 5.41) is 0. The average molecular weight is 324 g/mol. The van der Waals surface area contributed by atoms with Gasteiger partial charge >= 0.3 is 0 Å². The third kappa shape index (κ3) is 5.36. The number of nitrogens with two attached hydrogens (primary N) is 1. The molecule has 0 aromatic heterocycles. The Kier molecular flexibility index (Phi) is 6.27. The van der Waals surface area contributed by atoms with Crippen LogP contribution in [0.4, 0.5) is 0 Å². The van der Waals surface area contributed by atoms with E-state index in [2.05, 4.69) is 59.5 Å². The quantitative estimate of drug-likeness (QED) is 0.791. The highest BCUT2D eigenvalue weighted by atomic mass is 16.5. The Labute approximate surface area is 145 Å². The molecule has 0 unspecified atom stereocenters. The van der Waals surface area contributed by atoms with Crippen LogP contribution in [0, 0.1) is 0 Å². The molecule has 128 valence electrons. The van der Waals surface area contributed by atoms with Crippen molar-refractivity contribution in [3.05, 3.63) is 65.7 Å². The van der Waals surface area contributed by atoms with E-state index in [9.17, 15) is 0 Å². The standard InChI is InChI=1S/C21H28N2O/c22-20-12-14-23(15-13-20)17-19-8-10-21(11-9-19)24-16-4-7-18-5-2-1-3-6-18/h1-3,5-6,8-11,20H,4,7,12-17,22H2. The molecule has 0 radical (unpaired) electrons. The average Bonchev–Trinajstić information content (AvgIpc) is 2.63. The summed E-state index contributed by atoms with van der Waals surface area (Å²) in [6.07, 6.45) is 4.33. The van der Waals surface area contributed by atoms with E-state index in [4.69, 9.17) is 10.5 Å². The molecule has 1 aliphatic heterocycles. The fourth-order valence-electron chi connectivity index (χ4n) is 3.17. The van der Waals surface area contributed by atoms with Gasteiger partial charge in [-0.1, -0.05) is 42.5 Å². The molecule has 24 heavy (non-hydrogen) atoms. The smallest absolute Gasteiger partial charge is 0.119 e. The molecule has 3 rings (SSSR count). The molecule has 0 aliphatic carbocycles. The number of likely N-dealkylation sites (tertiary alicyclic amines) is 1. The number of nitrogens with zero attached hydrogens (tertiary/aromatic N) is 1. The molecule has 3 heteroatoms. The maximum absolute atomic E-state index is 5.96. The van der Waals surface area contributed by atoms with Gasteiger partial charge in [-0.3, -0.25) is 4.90 Å². The van der Waals surface area contributed by atoms with Gasteiger partial charge in [-0.25, -0.2) is 0 Å². The molecule has 0 atom stereocenters. The van der Waals surface area contributed by atoms with Crippen molar-refractivity contribution in [3.8, 4) is 5.75 Å². The van der Waals surface area contributed by atoms with E-state index in [1.54, 1.807) is 0 Å². The van der Waals surface area contributed by atoms with Crippen molar-refractivity contribution in [2.75, 3.05) is 19.7 Å². The Hall–Kier alpha value is -1.84. The van der Waals surface area contributed by atoms with Gasteiger partial charge in [0.05, 0.1) is 6.61 Å². The maximum Gasteiger partial charge on any atom is 0.119 e. The van der Waals surface area contributed by atoms with Crippen LogP contribution in [0.15, 0.2) is 54.6 Å². The molecular weight excluding hydrogens is 296 g/mol. The van der Waals surface area contributed by atoms with Crippen molar-refractivity contribution < 1.29 is 4.74 Å². The molecular formula is C21H28N2O. The molecule has 1 saturated heterocycles. The molecule has 2 aromatic carbocycles. The van der Waals surface area contributed by atoms with Crippen LogP contribution in [0.25, 0.3) is 0 Å². The van der Waals surface area contributed by atoms with E-state index in [-0.39, 0.29) is 0 Å². The lowest BCUT2D eigenvalue weighted by molar-refractivity contribution is 0.205. The largest absolute Gasteiger partial charge is 0.494 e. The van der Waals surface area contributed by atoms with Crippen LogP contribution < -0.4 is 10.5 Å². The Bertz CT molecular complexity index is 589. The fourth-order valence-corrected chi connectivity index (χ4v) is 3.17. The number of benzene rings is 2. The summed E-state index contributed by atoms with van der Waals surface area (Å²) in [5.41, 5.74) is 8.68. The monoisotopic (exact) mass is 324 g/mol. The van der Waals surface area contributed by atoms with E-state index in [1.807, 2.05) is 0 Å². The first-order valence-corrected chi connectivity index (χ1v) is 9.03. The lowest BCUT2D eigenvalue weighted by Crippen LogP contribution is -2.39. The van der Waals surface area contributed by atoms with Crippen molar-refractivity contribution in [1.82, 2.24) is 4.90 Å². The van der Waals surface area contributed by atoms with Gasteiger partial charge in [0, 0.05) is 12.6 Å². The normalized spacial score (nSPS) is 16.2. The molecule has 1 fully saturated rings. The zero-order valence-electron chi connectivity index (χ0n) is 14.4. The number of ether oxygens (including phenoxy) is 1. The van der Waals surface area contributed by atoms with E-state index in [1.165, 1.54) is 11.1 Å². The summed E-state index contributed by atoms with van der Waals surface area (Å²) in [7, 11) is 0. The molecule has 3 nitrogen and oxygen atoms in total. The number of aryl methyl sites for hydroxylation is 1. The van der Waals surface area contributed by atoms with Crippen molar-refractivity contribution in [2.24, 2.45) is 5.73 Å². The zero-order chi connectivity index (χ0) is 16.6. The van der Waals surface area contributed by atoms with Gasteiger partial charge in [0.25, 0.3) is 0 Å². The highest BCUT2D eigenvalue weighted by molar-refractivity contribution is 5.27. The van der Waals surface area contributed by atoms with Gasteiger partial charge in [0.1, 0.15) is 5.75 Å². The van der Waals surface area contributed by atoms with Crippen LogP contribution in [0.2, 0.25) is 0 Å². The molecule has 2 aromatic rings. The number of hydrogen-bond acceptors (Lipinski definition) is 3. The molecule has 0 bridgehead atoms. The van der Waals surface area contributed by atoms with Gasteiger partial charge in [-0.2, -0.15) is 0 Å². The number of piperidine rings is 1. The zero-order valence-corrected chi connectivity index (χ0v) is 14.4. The van der Waals surface area contributed by atoms with Gasteiger partial charge < -0.3 is 10.5 Å². The molecule has 0 saturated carbocycles. The molecule has 1 heterocycles. The van der Waals surface area contributed by atoms with Crippen LogP contribution in [0.5, 0.6) is 5.75 Å². The number of rotatable bonds is 7. The minimum absolute atomic E-state index is 0.396. The SMILES string of the molecule is NC1CCN(Cc2ccc(OCCCc3ccccc3)cc2)CC1. The Morgan fingerprint density at radius 3 is 2.33 bits per heavy atom. The topological polar surface area (TPSA) is 38.5 Å². The van der Waals surface area contributed by atoms with E-state index in [0.29, 0.717) is 6.04 Å². The number of hydrogen-bond donors (Lipinski definition) is 1. The van der Waals surface area contributed by atoms with Crippen molar-refractivity contribution in [2.45, 2.75) is 38.3 Å². The summed E-state index contributed by atoms with van der Waals surface area (Å²) >= 11 is 0. The molecule has 0 spiro atoms. The van der Waals surface area contributed by atoms with E-state index >= 15 is 0 Å². The predicted octanol–water partition coefficient (Wildman–Crippen LogP) is 3.62. The molecule has 2 N–H and O–H groups in total. The fraction of sp³-hybridized carbons (Fsp3) is 0.429. The first-order chi connectivity index (χ1) is 11.8. The van der Waals surface area contributed by atoms with Crippen LogP contribution in [0.3, 0.4) is 0 Å². The second-order valence-electron chi connectivity index (χ2n) is 6.70. The third-order valence-electron chi connectivity index (χ3n) is 4.68.